The van der Waals surface area contributed by atoms with E-state index in [0.717, 1.165) is 35.7 Å². The number of hydrogen-bond acceptors (Lipinski definition) is 1. The van der Waals surface area contributed by atoms with Gasteiger partial charge < -0.3 is 0 Å². The van der Waals surface area contributed by atoms with E-state index in [9.17, 15) is 5.26 Å². The maximum atomic E-state index is 9.36. The van der Waals surface area contributed by atoms with Gasteiger partial charge in [-0.05, 0) is 85.9 Å². The fourth-order valence-electron chi connectivity index (χ4n) is 7.04. The second-order valence-electron chi connectivity index (χ2n) is 9.00. The van der Waals surface area contributed by atoms with Gasteiger partial charge in [0, 0.05) is 5.57 Å². The van der Waals surface area contributed by atoms with Gasteiger partial charge in [-0.3, -0.25) is 0 Å². The summed E-state index contributed by atoms with van der Waals surface area (Å²) in [5.74, 6) is 3.70. The zero-order valence-electron chi connectivity index (χ0n) is 13.7. The van der Waals surface area contributed by atoms with Crippen LogP contribution < -0.4 is 0 Å². The van der Waals surface area contributed by atoms with E-state index in [2.05, 4.69) is 26.0 Å². The van der Waals surface area contributed by atoms with Crippen molar-refractivity contribution in [1.82, 2.24) is 0 Å². The van der Waals surface area contributed by atoms with Crippen molar-refractivity contribution in [3.63, 3.8) is 0 Å². The van der Waals surface area contributed by atoms with E-state index in [-0.39, 0.29) is 0 Å². The van der Waals surface area contributed by atoms with Crippen LogP contribution in [0.1, 0.15) is 71.6 Å². The smallest absolute Gasteiger partial charge is 0.0943 e. The molecule has 1 nitrogen and oxygen atoms in total. The lowest BCUT2D eigenvalue weighted by molar-refractivity contribution is -0.0880. The van der Waals surface area contributed by atoms with Gasteiger partial charge in [0.25, 0.3) is 0 Å². The molecule has 4 aliphatic rings. The molecule has 114 valence electrons. The van der Waals surface area contributed by atoms with Crippen LogP contribution in [0.2, 0.25) is 0 Å². The molecule has 21 heavy (non-hydrogen) atoms. The average molecular weight is 283 g/mol. The minimum Gasteiger partial charge on any atom is -0.193 e. The Balaban J connectivity index is 1.66. The van der Waals surface area contributed by atoms with Gasteiger partial charge in [-0.25, -0.2) is 0 Å². The summed E-state index contributed by atoms with van der Waals surface area (Å²) >= 11 is 0. The van der Waals surface area contributed by atoms with Crippen molar-refractivity contribution < 1.29 is 0 Å². The third-order valence-corrected chi connectivity index (χ3v) is 8.21. The van der Waals surface area contributed by atoms with E-state index in [1.165, 1.54) is 51.4 Å². The molecule has 3 fully saturated rings. The van der Waals surface area contributed by atoms with Crippen molar-refractivity contribution in [3.05, 3.63) is 11.6 Å². The Kier molecular flexibility index (Phi) is 3.04. The normalized spacial score (nSPS) is 52.1. The molecule has 0 aromatic rings. The van der Waals surface area contributed by atoms with Crippen LogP contribution >= 0.6 is 0 Å². The largest absolute Gasteiger partial charge is 0.193 e. The highest BCUT2D eigenvalue weighted by atomic mass is 14.6. The van der Waals surface area contributed by atoms with Gasteiger partial charge in [0.15, 0.2) is 0 Å². The number of fused-ring (bicyclic) bond motifs is 5. The minimum atomic E-state index is 0.423. The first kappa shape index (κ1) is 13.9. The maximum Gasteiger partial charge on any atom is 0.0943 e. The van der Waals surface area contributed by atoms with Crippen LogP contribution in [0.3, 0.4) is 0 Å². The van der Waals surface area contributed by atoms with Gasteiger partial charge in [-0.1, -0.05) is 26.3 Å². The molecule has 0 aromatic heterocycles. The molecule has 0 amide bonds. The van der Waals surface area contributed by atoms with E-state index in [1.54, 1.807) is 0 Å². The maximum absolute atomic E-state index is 9.36. The van der Waals surface area contributed by atoms with E-state index in [1.807, 2.05) is 0 Å². The number of hydrogen-bond donors (Lipinski definition) is 0. The standard InChI is InChI=1S/C20H29N/c1-19-10-3-4-17(19)16-8-7-15-6-5-14(13-21)12-20(15,2)18(16)9-11-19/h5,15-18H,3-4,6-12H2,1-2H3/t15?,16-,17-,18+,19-,20-/m0/s1. The summed E-state index contributed by atoms with van der Waals surface area (Å²) < 4.78 is 0. The average Bonchev–Trinajstić information content (AvgIpc) is 2.87. The Hall–Kier alpha value is -0.770. The molecular formula is C20H29N. The van der Waals surface area contributed by atoms with Gasteiger partial charge in [0.1, 0.15) is 0 Å². The van der Waals surface area contributed by atoms with Gasteiger partial charge >= 0.3 is 0 Å². The van der Waals surface area contributed by atoms with Crippen LogP contribution in [0.25, 0.3) is 0 Å². The Labute approximate surface area is 129 Å². The fraction of sp³-hybridized carbons (Fsp3) is 0.850. The molecular weight excluding hydrogens is 254 g/mol. The summed E-state index contributed by atoms with van der Waals surface area (Å²) in [6.07, 6.45) is 14.7. The van der Waals surface area contributed by atoms with E-state index >= 15 is 0 Å². The van der Waals surface area contributed by atoms with E-state index < -0.39 is 0 Å². The van der Waals surface area contributed by atoms with Crippen LogP contribution in [0.15, 0.2) is 11.6 Å². The van der Waals surface area contributed by atoms with Crippen LogP contribution in [-0.4, -0.2) is 0 Å². The highest BCUT2D eigenvalue weighted by Gasteiger charge is 2.57. The lowest BCUT2D eigenvalue weighted by Gasteiger charge is -2.59. The topological polar surface area (TPSA) is 23.8 Å². The van der Waals surface area contributed by atoms with E-state index in [4.69, 9.17) is 0 Å². The summed E-state index contributed by atoms with van der Waals surface area (Å²) in [5.41, 5.74) is 2.16. The quantitative estimate of drug-likeness (QED) is 0.577. The zero-order valence-corrected chi connectivity index (χ0v) is 13.7. The predicted molar refractivity (Wildman–Crippen MR) is 85.4 cm³/mol. The van der Waals surface area contributed by atoms with Crippen LogP contribution in [0.4, 0.5) is 0 Å². The van der Waals surface area contributed by atoms with Gasteiger partial charge in [-0.15, -0.1) is 0 Å². The molecule has 0 saturated heterocycles. The van der Waals surface area contributed by atoms with Crippen molar-refractivity contribution in [2.75, 3.05) is 0 Å². The van der Waals surface area contributed by atoms with Crippen LogP contribution in [0, 0.1) is 45.8 Å². The number of nitrogens with zero attached hydrogens (tertiary/aromatic N) is 1. The molecule has 0 aliphatic heterocycles. The van der Waals surface area contributed by atoms with Crippen molar-refractivity contribution in [3.8, 4) is 6.07 Å². The number of allylic oxidation sites excluding steroid dienone is 2. The highest BCUT2D eigenvalue weighted by molar-refractivity contribution is 5.27. The number of rotatable bonds is 0. The zero-order chi connectivity index (χ0) is 14.7. The molecule has 0 bridgehead atoms. The van der Waals surface area contributed by atoms with Crippen molar-refractivity contribution >= 4 is 0 Å². The lowest BCUT2D eigenvalue weighted by atomic mass is 9.45. The SMILES string of the molecule is C[C@@]12CCC[C@H]1[C@@H]1CCC3CC=C(C#N)C[C@]3(C)[C@@H]1CC2. The Morgan fingerprint density at radius 2 is 1.95 bits per heavy atom. The summed E-state index contributed by atoms with van der Waals surface area (Å²) in [4.78, 5) is 0. The molecule has 0 spiro atoms. The van der Waals surface area contributed by atoms with Gasteiger partial charge in [0.05, 0.1) is 6.07 Å². The Morgan fingerprint density at radius 1 is 1.10 bits per heavy atom. The minimum absolute atomic E-state index is 0.423. The molecule has 0 aromatic carbocycles. The summed E-state index contributed by atoms with van der Waals surface area (Å²) in [7, 11) is 0. The summed E-state index contributed by atoms with van der Waals surface area (Å²) in [6, 6.07) is 2.47. The van der Waals surface area contributed by atoms with E-state index in [0.29, 0.717) is 10.8 Å². The van der Waals surface area contributed by atoms with Crippen molar-refractivity contribution in [2.24, 2.45) is 34.5 Å². The van der Waals surface area contributed by atoms with Crippen LogP contribution in [0.5, 0.6) is 0 Å². The van der Waals surface area contributed by atoms with Gasteiger partial charge in [0.2, 0.25) is 0 Å². The van der Waals surface area contributed by atoms with Crippen molar-refractivity contribution in [1.29, 1.82) is 5.26 Å². The second-order valence-corrected chi connectivity index (χ2v) is 9.00. The molecule has 1 unspecified atom stereocenters. The molecule has 1 heteroatoms. The monoisotopic (exact) mass is 283 g/mol. The molecule has 4 aliphatic carbocycles. The second kappa shape index (κ2) is 4.61. The first-order valence-corrected chi connectivity index (χ1v) is 9.16. The summed E-state index contributed by atoms with van der Waals surface area (Å²) in [5, 5.41) is 9.36. The molecule has 0 N–H and O–H groups in total. The first-order chi connectivity index (χ1) is 10.1. The predicted octanol–water partition coefficient (Wildman–Crippen LogP) is 5.48. The van der Waals surface area contributed by atoms with Crippen molar-refractivity contribution in [2.45, 2.75) is 71.6 Å². The third kappa shape index (κ3) is 1.87. The summed E-state index contributed by atoms with van der Waals surface area (Å²) in [6.45, 7) is 5.12. The lowest BCUT2D eigenvalue weighted by Crippen LogP contribution is -2.51. The molecule has 4 rings (SSSR count). The number of nitriles is 1. The fourth-order valence-corrected chi connectivity index (χ4v) is 7.04. The first-order valence-electron chi connectivity index (χ1n) is 9.16. The molecule has 6 atom stereocenters. The molecule has 0 heterocycles. The Morgan fingerprint density at radius 3 is 2.76 bits per heavy atom. The molecule has 0 radical (unpaired) electrons. The Bertz CT molecular complexity index is 512. The van der Waals surface area contributed by atoms with Crippen LogP contribution in [-0.2, 0) is 0 Å². The molecule has 3 saturated carbocycles. The highest BCUT2D eigenvalue weighted by Crippen LogP contribution is 2.66. The van der Waals surface area contributed by atoms with Gasteiger partial charge in [-0.2, -0.15) is 5.26 Å². The third-order valence-electron chi connectivity index (χ3n) is 8.21.